The van der Waals surface area contributed by atoms with Gasteiger partial charge in [0.05, 0.1) is 11.1 Å². The van der Waals surface area contributed by atoms with Crippen molar-refractivity contribution < 1.29 is 9.63 Å². The predicted molar refractivity (Wildman–Crippen MR) is 85.8 cm³/mol. The molecule has 110 valence electrons. The first-order chi connectivity index (χ1) is 9.88. The Morgan fingerprint density at radius 3 is 1.95 bits per heavy atom. The molecule has 0 aliphatic rings. The number of benzene rings is 2. The van der Waals surface area contributed by atoms with E-state index in [0.717, 1.165) is 11.3 Å². The van der Waals surface area contributed by atoms with Crippen LogP contribution in [0.4, 0.5) is 5.69 Å². The number of hydrogen-bond acceptors (Lipinski definition) is 3. The Hall–Kier alpha value is -2.29. The van der Waals surface area contributed by atoms with Crippen LogP contribution in [0.3, 0.4) is 0 Å². The lowest BCUT2D eigenvalue weighted by molar-refractivity contribution is -0.153. The number of hydroxylamine groups is 1. The first-order valence-corrected chi connectivity index (χ1v) is 6.99. The van der Waals surface area contributed by atoms with E-state index in [1.165, 1.54) is 10.6 Å². The molecular formula is C18H21NO2. The number of rotatable bonds is 3. The highest BCUT2D eigenvalue weighted by molar-refractivity contribution is 5.76. The summed E-state index contributed by atoms with van der Waals surface area (Å²) in [7, 11) is 1.74. The van der Waals surface area contributed by atoms with Gasteiger partial charge < -0.3 is 4.84 Å². The lowest BCUT2D eigenvalue weighted by atomic mass is 9.98. The maximum atomic E-state index is 11.9. The van der Waals surface area contributed by atoms with E-state index < -0.39 is 5.41 Å². The molecule has 0 atom stereocenters. The number of anilines is 1. The van der Waals surface area contributed by atoms with Crippen molar-refractivity contribution in [3.63, 3.8) is 0 Å². The Labute approximate surface area is 126 Å². The van der Waals surface area contributed by atoms with E-state index >= 15 is 0 Å². The lowest BCUT2D eigenvalue weighted by Gasteiger charge is -2.23. The highest BCUT2D eigenvalue weighted by Crippen LogP contribution is 2.24. The second-order valence-corrected chi connectivity index (χ2v) is 6.04. The van der Waals surface area contributed by atoms with Crippen LogP contribution in [-0.2, 0) is 9.63 Å². The Morgan fingerprint density at radius 1 is 0.905 bits per heavy atom. The molecule has 0 saturated carbocycles. The summed E-state index contributed by atoms with van der Waals surface area (Å²) >= 11 is 0. The van der Waals surface area contributed by atoms with Crippen LogP contribution in [0.15, 0.2) is 54.6 Å². The maximum absolute atomic E-state index is 11.9. The lowest BCUT2D eigenvalue weighted by Crippen LogP contribution is -2.31. The Morgan fingerprint density at radius 2 is 1.43 bits per heavy atom. The molecule has 0 radical (unpaired) electrons. The fourth-order valence-electron chi connectivity index (χ4n) is 1.81. The van der Waals surface area contributed by atoms with Crippen molar-refractivity contribution in [3.05, 3.63) is 54.6 Å². The van der Waals surface area contributed by atoms with Crippen LogP contribution in [-0.4, -0.2) is 13.0 Å². The van der Waals surface area contributed by atoms with Gasteiger partial charge in [-0.3, -0.25) is 0 Å². The van der Waals surface area contributed by atoms with Gasteiger partial charge in [-0.1, -0.05) is 42.5 Å². The maximum Gasteiger partial charge on any atom is 0.337 e. The minimum absolute atomic E-state index is 0.253. The van der Waals surface area contributed by atoms with Gasteiger partial charge in [0.1, 0.15) is 0 Å². The molecule has 0 aromatic heterocycles. The van der Waals surface area contributed by atoms with Crippen molar-refractivity contribution in [2.45, 2.75) is 20.8 Å². The molecule has 21 heavy (non-hydrogen) atoms. The van der Waals surface area contributed by atoms with Gasteiger partial charge in [-0.05, 0) is 44.0 Å². The van der Waals surface area contributed by atoms with E-state index in [-0.39, 0.29) is 5.97 Å². The highest BCUT2D eigenvalue weighted by atomic mass is 16.7. The number of carbonyl (C=O) groups is 1. The first-order valence-electron chi connectivity index (χ1n) is 6.99. The fourth-order valence-corrected chi connectivity index (χ4v) is 1.81. The van der Waals surface area contributed by atoms with Crippen LogP contribution in [0.25, 0.3) is 11.1 Å². The molecule has 0 N–H and O–H groups in total. The third-order valence-electron chi connectivity index (χ3n) is 3.17. The summed E-state index contributed by atoms with van der Waals surface area (Å²) in [6.45, 7) is 5.50. The van der Waals surface area contributed by atoms with Gasteiger partial charge in [0.15, 0.2) is 0 Å². The van der Waals surface area contributed by atoms with Crippen molar-refractivity contribution in [2.75, 3.05) is 12.1 Å². The van der Waals surface area contributed by atoms with Crippen LogP contribution in [0.1, 0.15) is 20.8 Å². The number of nitrogens with zero attached hydrogens (tertiary/aromatic N) is 1. The predicted octanol–water partition coefficient (Wildman–Crippen LogP) is 4.29. The molecule has 2 rings (SSSR count). The molecule has 0 fully saturated rings. The number of hydrogen-bond donors (Lipinski definition) is 0. The van der Waals surface area contributed by atoms with Gasteiger partial charge >= 0.3 is 5.97 Å². The average molecular weight is 283 g/mol. The molecule has 0 spiro atoms. The molecule has 0 heterocycles. The second-order valence-electron chi connectivity index (χ2n) is 6.04. The van der Waals surface area contributed by atoms with Gasteiger partial charge in [0.25, 0.3) is 0 Å². The average Bonchev–Trinajstić information content (AvgIpc) is 2.47. The zero-order valence-corrected chi connectivity index (χ0v) is 13.0. The summed E-state index contributed by atoms with van der Waals surface area (Å²) in [4.78, 5) is 17.2. The van der Waals surface area contributed by atoms with Crippen molar-refractivity contribution in [1.29, 1.82) is 0 Å². The van der Waals surface area contributed by atoms with Crippen LogP contribution in [0.5, 0.6) is 0 Å². The molecule has 3 nitrogen and oxygen atoms in total. The van der Waals surface area contributed by atoms with Crippen LogP contribution in [0.2, 0.25) is 0 Å². The largest absolute Gasteiger partial charge is 0.341 e. The molecule has 0 unspecified atom stereocenters. The summed E-state index contributed by atoms with van der Waals surface area (Å²) in [6.07, 6.45) is 0. The molecule has 0 aliphatic carbocycles. The van der Waals surface area contributed by atoms with Crippen LogP contribution < -0.4 is 5.06 Å². The monoisotopic (exact) mass is 283 g/mol. The molecule has 2 aromatic rings. The van der Waals surface area contributed by atoms with Gasteiger partial charge in [0.2, 0.25) is 0 Å². The van der Waals surface area contributed by atoms with E-state index in [1.807, 2.05) is 63.2 Å². The van der Waals surface area contributed by atoms with Gasteiger partial charge in [-0.25, -0.2) is 9.86 Å². The first kappa shape index (κ1) is 15.1. The van der Waals surface area contributed by atoms with Crippen molar-refractivity contribution in [2.24, 2.45) is 5.41 Å². The standard InChI is InChI=1S/C18H21NO2/c1-18(2,3)17(20)21-19(4)16-12-10-15(11-13-16)14-8-6-5-7-9-14/h5-13H,1-4H3. The molecule has 0 saturated heterocycles. The topological polar surface area (TPSA) is 29.5 Å². The molecule has 0 amide bonds. The SMILES string of the molecule is CN(OC(=O)C(C)(C)C)c1ccc(-c2ccccc2)cc1. The van der Waals surface area contributed by atoms with Crippen LogP contribution >= 0.6 is 0 Å². The Balaban J connectivity index is 2.10. The molecule has 2 aromatic carbocycles. The minimum Gasteiger partial charge on any atom is -0.341 e. The van der Waals surface area contributed by atoms with Crippen LogP contribution in [0, 0.1) is 5.41 Å². The van der Waals surface area contributed by atoms with E-state index in [2.05, 4.69) is 12.1 Å². The normalized spacial score (nSPS) is 11.0. The van der Waals surface area contributed by atoms with Gasteiger partial charge in [-0.2, -0.15) is 0 Å². The fraction of sp³-hybridized carbons (Fsp3) is 0.278. The second kappa shape index (κ2) is 6.00. The van der Waals surface area contributed by atoms with E-state index in [9.17, 15) is 4.79 Å². The Kier molecular flexibility index (Phi) is 4.32. The number of carbonyl (C=O) groups excluding carboxylic acids is 1. The van der Waals surface area contributed by atoms with E-state index in [4.69, 9.17) is 4.84 Å². The summed E-state index contributed by atoms with van der Waals surface area (Å²) in [6, 6.07) is 18.1. The zero-order chi connectivity index (χ0) is 15.5. The van der Waals surface area contributed by atoms with E-state index in [0.29, 0.717) is 0 Å². The molecule has 3 heteroatoms. The summed E-state index contributed by atoms with van der Waals surface area (Å²) in [5.74, 6) is -0.253. The summed E-state index contributed by atoms with van der Waals surface area (Å²) < 4.78 is 0. The van der Waals surface area contributed by atoms with Crippen molar-refractivity contribution in [3.8, 4) is 11.1 Å². The molecule has 0 aliphatic heterocycles. The summed E-state index contributed by atoms with van der Waals surface area (Å²) in [5, 5.41) is 1.50. The van der Waals surface area contributed by atoms with Gasteiger partial charge in [0, 0.05) is 7.05 Å². The van der Waals surface area contributed by atoms with Crippen molar-refractivity contribution in [1.82, 2.24) is 0 Å². The molecular weight excluding hydrogens is 262 g/mol. The minimum atomic E-state index is -0.516. The summed E-state index contributed by atoms with van der Waals surface area (Å²) in [5.41, 5.74) is 2.62. The van der Waals surface area contributed by atoms with Gasteiger partial charge in [-0.15, -0.1) is 0 Å². The highest BCUT2D eigenvalue weighted by Gasteiger charge is 2.25. The van der Waals surface area contributed by atoms with Crippen molar-refractivity contribution >= 4 is 11.7 Å². The zero-order valence-electron chi connectivity index (χ0n) is 13.0. The third kappa shape index (κ3) is 3.85. The quantitative estimate of drug-likeness (QED) is 0.787. The van der Waals surface area contributed by atoms with E-state index in [1.54, 1.807) is 7.05 Å². The molecule has 0 bridgehead atoms. The third-order valence-corrected chi connectivity index (χ3v) is 3.17. The Bertz CT molecular complexity index is 597. The smallest absolute Gasteiger partial charge is 0.337 e.